The number of anilines is 1. The lowest BCUT2D eigenvalue weighted by molar-refractivity contribution is 0.405. The van der Waals surface area contributed by atoms with Gasteiger partial charge in [-0.2, -0.15) is 0 Å². The van der Waals surface area contributed by atoms with Crippen LogP contribution in [0.3, 0.4) is 0 Å². The molecule has 0 spiro atoms. The van der Waals surface area contributed by atoms with Gasteiger partial charge in [0.2, 0.25) is 0 Å². The summed E-state index contributed by atoms with van der Waals surface area (Å²) in [5.41, 5.74) is 1.03. The number of rotatable bonds is 7. The minimum absolute atomic E-state index is 0.102. The Morgan fingerprint density at radius 3 is 2.08 bits per heavy atom. The van der Waals surface area contributed by atoms with E-state index in [4.69, 9.17) is 25.8 Å². The van der Waals surface area contributed by atoms with E-state index in [9.17, 15) is 8.42 Å². The molecule has 0 fully saturated rings. The lowest BCUT2D eigenvalue weighted by atomic mass is 10.0. The van der Waals surface area contributed by atoms with Crippen LogP contribution in [-0.4, -0.2) is 29.7 Å². The van der Waals surface area contributed by atoms with E-state index in [0.29, 0.717) is 16.5 Å². The van der Waals surface area contributed by atoms with Gasteiger partial charge in [0, 0.05) is 12.1 Å². The number of sulfonamides is 1. The number of hydrogen-bond acceptors (Lipinski definition) is 5. The van der Waals surface area contributed by atoms with E-state index in [-0.39, 0.29) is 22.3 Å². The zero-order chi connectivity index (χ0) is 19.5. The molecule has 26 heavy (non-hydrogen) atoms. The molecule has 0 aromatic heterocycles. The van der Waals surface area contributed by atoms with Gasteiger partial charge in [-0.1, -0.05) is 25.4 Å². The Labute approximate surface area is 159 Å². The normalized spacial score (nSPS) is 11.3. The molecule has 0 bridgehead atoms. The highest BCUT2D eigenvalue weighted by Gasteiger charge is 2.21. The molecular weight excluding hydrogens is 378 g/mol. The minimum Gasteiger partial charge on any atom is -0.496 e. The van der Waals surface area contributed by atoms with E-state index < -0.39 is 10.0 Å². The second kappa shape index (κ2) is 8.05. The van der Waals surface area contributed by atoms with E-state index >= 15 is 0 Å². The van der Waals surface area contributed by atoms with Crippen molar-refractivity contribution in [3.63, 3.8) is 0 Å². The van der Waals surface area contributed by atoms with Crippen LogP contribution in [0.2, 0.25) is 5.02 Å². The van der Waals surface area contributed by atoms with Crippen LogP contribution in [0.4, 0.5) is 5.69 Å². The standard InChI is InChI=1S/C18H22ClNO5S/c1-11(2)13-8-12(6-7-16(13)23-3)26(21,22)20-15-10-17(24-4)14(19)9-18(15)25-5/h6-11,20H,1-5H3. The van der Waals surface area contributed by atoms with Gasteiger partial charge in [0.15, 0.2) is 0 Å². The molecule has 0 aliphatic rings. The lowest BCUT2D eigenvalue weighted by Crippen LogP contribution is -2.14. The Morgan fingerprint density at radius 1 is 0.923 bits per heavy atom. The molecule has 0 radical (unpaired) electrons. The van der Waals surface area contributed by atoms with Gasteiger partial charge in [0.05, 0.1) is 36.9 Å². The van der Waals surface area contributed by atoms with Crippen molar-refractivity contribution in [3.05, 3.63) is 40.9 Å². The van der Waals surface area contributed by atoms with Gasteiger partial charge in [0.1, 0.15) is 17.2 Å². The SMILES string of the molecule is COc1cc(NS(=O)(=O)c2ccc(OC)c(C(C)C)c2)c(OC)cc1Cl. The van der Waals surface area contributed by atoms with Crippen molar-refractivity contribution in [1.29, 1.82) is 0 Å². The van der Waals surface area contributed by atoms with Crippen molar-refractivity contribution >= 4 is 27.3 Å². The molecule has 0 aliphatic heterocycles. The van der Waals surface area contributed by atoms with Crippen LogP contribution in [0.5, 0.6) is 17.2 Å². The van der Waals surface area contributed by atoms with Crippen molar-refractivity contribution in [2.24, 2.45) is 0 Å². The first-order valence-corrected chi connectivity index (χ1v) is 9.71. The lowest BCUT2D eigenvalue weighted by Gasteiger charge is -2.16. The molecule has 0 aliphatic carbocycles. The second-order valence-corrected chi connectivity index (χ2v) is 7.94. The van der Waals surface area contributed by atoms with E-state index in [1.807, 2.05) is 13.8 Å². The summed E-state index contributed by atoms with van der Waals surface area (Å²) in [5.74, 6) is 1.37. The number of nitrogens with one attached hydrogen (secondary N) is 1. The fraction of sp³-hybridized carbons (Fsp3) is 0.333. The molecule has 8 heteroatoms. The Bertz CT molecular complexity index is 897. The van der Waals surface area contributed by atoms with Crippen molar-refractivity contribution in [1.82, 2.24) is 0 Å². The molecule has 2 aromatic carbocycles. The largest absolute Gasteiger partial charge is 0.496 e. The number of benzene rings is 2. The van der Waals surface area contributed by atoms with Crippen molar-refractivity contribution < 1.29 is 22.6 Å². The van der Waals surface area contributed by atoms with Crippen molar-refractivity contribution in [2.45, 2.75) is 24.7 Å². The molecule has 0 heterocycles. The van der Waals surface area contributed by atoms with E-state index in [0.717, 1.165) is 5.56 Å². The summed E-state index contributed by atoms with van der Waals surface area (Å²) in [5, 5.41) is 0.318. The predicted molar refractivity (Wildman–Crippen MR) is 102 cm³/mol. The molecular formula is C18H22ClNO5S. The maximum absolute atomic E-state index is 12.8. The fourth-order valence-electron chi connectivity index (χ4n) is 2.47. The first-order chi connectivity index (χ1) is 12.2. The van der Waals surface area contributed by atoms with Crippen LogP contribution < -0.4 is 18.9 Å². The van der Waals surface area contributed by atoms with Gasteiger partial charge in [-0.25, -0.2) is 8.42 Å². The minimum atomic E-state index is -3.85. The molecule has 0 saturated heterocycles. The Balaban J connectivity index is 2.48. The number of ether oxygens (including phenoxy) is 3. The van der Waals surface area contributed by atoms with Gasteiger partial charge < -0.3 is 14.2 Å². The Hall–Kier alpha value is -2.12. The molecule has 2 aromatic rings. The Morgan fingerprint density at radius 2 is 1.54 bits per heavy atom. The van der Waals surface area contributed by atoms with Crippen LogP contribution in [0, 0.1) is 0 Å². The highest BCUT2D eigenvalue weighted by molar-refractivity contribution is 7.92. The van der Waals surface area contributed by atoms with Crippen LogP contribution in [0.25, 0.3) is 0 Å². The van der Waals surface area contributed by atoms with E-state index in [1.165, 1.54) is 32.4 Å². The van der Waals surface area contributed by atoms with Crippen LogP contribution in [0.1, 0.15) is 25.3 Å². The summed E-state index contributed by atoms with van der Waals surface area (Å²) in [4.78, 5) is 0.123. The summed E-state index contributed by atoms with van der Waals surface area (Å²) < 4.78 is 43.9. The van der Waals surface area contributed by atoms with Gasteiger partial charge in [-0.15, -0.1) is 0 Å². The van der Waals surface area contributed by atoms with E-state index in [1.54, 1.807) is 19.2 Å². The zero-order valence-corrected chi connectivity index (χ0v) is 16.9. The van der Waals surface area contributed by atoms with Gasteiger partial charge >= 0.3 is 0 Å². The average molecular weight is 400 g/mol. The number of methoxy groups -OCH3 is 3. The topological polar surface area (TPSA) is 73.9 Å². The number of halogens is 1. The van der Waals surface area contributed by atoms with Gasteiger partial charge in [-0.3, -0.25) is 4.72 Å². The first kappa shape index (κ1) is 20.2. The maximum Gasteiger partial charge on any atom is 0.262 e. The highest BCUT2D eigenvalue weighted by atomic mass is 35.5. The van der Waals surface area contributed by atoms with Crippen molar-refractivity contribution in [2.75, 3.05) is 26.1 Å². The third-order valence-electron chi connectivity index (χ3n) is 3.85. The zero-order valence-electron chi connectivity index (χ0n) is 15.3. The quantitative estimate of drug-likeness (QED) is 0.751. The third kappa shape index (κ3) is 4.16. The van der Waals surface area contributed by atoms with Crippen LogP contribution >= 0.6 is 11.6 Å². The maximum atomic E-state index is 12.8. The highest BCUT2D eigenvalue weighted by Crippen LogP contribution is 2.37. The average Bonchev–Trinajstić information content (AvgIpc) is 2.61. The summed E-state index contributed by atoms with van der Waals surface area (Å²) >= 11 is 6.06. The summed E-state index contributed by atoms with van der Waals surface area (Å²) in [6, 6.07) is 7.71. The smallest absolute Gasteiger partial charge is 0.262 e. The fourth-order valence-corrected chi connectivity index (χ4v) is 3.80. The molecule has 6 nitrogen and oxygen atoms in total. The molecule has 0 atom stereocenters. The summed E-state index contributed by atoms with van der Waals surface area (Å²) in [6.07, 6.45) is 0. The molecule has 0 saturated carbocycles. The molecule has 0 unspecified atom stereocenters. The van der Waals surface area contributed by atoms with Gasteiger partial charge in [-0.05, 0) is 29.7 Å². The van der Waals surface area contributed by atoms with Crippen molar-refractivity contribution in [3.8, 4) is 17.2 Å². The van der Waals surface area contributed by atoms with Crippen LogP contribution in [-0.2, 0) is 10.0 Å². The molecule has 142 valence electrons. The van der Waals surface area contributed by atoms with Crippen LogP contribution in [0.15, 0.2) is 35.2 Å². The predicted octanol–water partition coefficient (Wildman–Crippen LogP) is 4.29. The monoisotopic (exact) mass is 399 g/mol. The molecule has 1 N–H and O–H groups in total. The molecule has 0 amide bonds. The van der Waals surface area contributed by atoms with E-state index in [2.05, 4.69) is 4.72 Å². The summed E-state index contributed by atoms with van der Waals surface area (Å²) in [6.45, 7) is 3.93. The third-order valence-corrected chi connectivity index (χ3v) is 5.51. The van der Waals surface area contributed by atoms with Gasteiger partial charge in [0.25, 0.3) is 10.0 Å². The summed E-state index contributed by atoms with van der Waals surface area (Å²) in [7, 11) is 0.585. The Kier molecular flexibility index (Phi) is 6.26. The first-order valence-electron chi connectivity index (χ1n) is 7.85. The molecule has 2 rings (SSSR count). The number of hydrogen-bond donors (Lipinski definition) is 1. The second-order valence-electron chi connectivity index (χ2n) is 5.85.